The molecule has 3 N–H and O–H groups in total. The first-order chi connectivity index (χ1) is 8.10. The van der Waals surface area contributed by atoms with Gasteiger partial charge < -0.3 is 10.4 Å². The quantitative estimate of drug-likeness (QED) is 0.541. The van der Waals surface area contributed by atoms with Crippen LogP contribution < -0.4 is 10.0 Å². The van der Waals surface area contributed by atoms with Crippen molar-refractivity contribution in [2.24, 2.45) is 0 Å². The molecule has 0 aromatic carbocycles. The molecule has 0 aromatic rings. The first-order valence-corrected chi connectivity index (χ1v) is 7.63. The van der Waals surface area contributed by atoms with Crippen LogP contribution in [0.3, 0.4) is 0 Å². The smallest absolute Gasteiger partial charge is 0.279 e. The summed E-state index contributed by atoms with van der Waals surface area (Å²) < 4.78 is 27.7. The molecule has 6 nitrogen and oxygen atoms in total. The SMILES string of the molecule is CCCNS(=O)(=O)N(CCO)CC1CCCN1. The third kappa shape index (κ3) is 4.89. The maximum absolute atomic E-state index is 11.9. The van der Waals surface area contributed by atoms with Crippen LogP contribution >= 0.6 is 0 Å². The standard InChI is InChI=1S/C10H23N3O3S/c1-2-5-12-17(15,16)13(7-8-14)9-10-4-3-6-11-10/h10-12,14H,2-9H2,1H3. The number of aliphatic hydroxyl groups excluding tert-OH is 1. The van der Waals surface area contributed by atoms with E-state index in [2.05, 4.69) is 10.0 Å². The molecule has 1 atom stereocenters. The highest BCUT2D eigenvalue weighted by atomic mass is 32.2. The van der Waals surface area contributed by atoms with Crippen molar-refractivity contribution >= 4 is 10.2 Å². The zero-order valence-electron chi connectivity index (χ0n) is 10.4. The van der Waals surface area contributed by atoms with E-state index < -0.39 is 10.2 Å². The summed E-state index contributed by atoms with van der Waals surface area (Å²) in [6.45, 7) is 3.72. The van der Waals surface area contributed by atoms with Crippen molar-refractivity contribution in [2.75, 3.05) is 32.8 Å². The van der Waals surface area contributed by atoms with Gasteiger partial charge in [0.15, 0.2) is 0 Å². The van der Waals surface area contributed by atoms with Crippen LogP contribution in [0.5, 0.6) is 0 Å². The average molecular weight is 265 g/mol. The molecule has 1 aliphatic rings. The fraction of sp³-hybridized carbons (Fsp3) is 1.00. The predicted molar refractivity (Wildman–Crippen MR) is 66.9 cm³/mol. The molecular formula is C10H23N3O3S. The Bertz CT molecular complexity index is 302. The normalized spacial score (nSPS) is 21.2. The van der Waals surface area contributed by atoms with Gasteiger partial charge in [-0.2, -0.15) is 12.7 Å². The van der Waals surface area contributed by atoms with E-state index in [1.54, 1.807) is 0 Å². The largest absolute Gasteiger partial charge is 0.395 e. The summed E-state index contributed by atoms with van der Waals surface area (Å²) in [6, 6.07) is 0.208. The molecule has 102 valence electrons. The summed E-state index contributed by atoms with van der Waals surface area (Å²) in [5.41, 5.74) is 0. The number of aliphatic hydroxyl groups is 1. The number of rotatable bonds is 8. The number of hydrogen-bond donors (Lipinski definition) is 3. The Balaban J connectivity index is 2.56. The highest BCUT2D eigenvalue weighted by molar-refractivity contribution is 7.87. The molecule has 7 heteroatoms. The van der Waals surface area contributed by atoms with Gasteiger partial charge in [0.1, 0.15) is 0 Å². The minimum Gasteiger partial charge on any atom is -0.395 e. The molecule has 1 fully saturated rings. The summed E-state index contributed by atoms with van der Waals surface area (Å²) in [5, 5.41) is 12.2. The van der Waals surface area contributed by atoms with Gasteiger partial charge in [-0.3, -0.25) is 0 Å². The predicted octanol–water partition coefficient (Wildman–Crippen LogP) is -0.723. The van der Waals surface area contributed by atoms with Gasteiger partial charge >= 0.3 is 0 Å². The topological polar surface area (TPSA) is 81.7 Å². The number of nitrogens with zero attached hydrogens (tertiary/aromatic N) is 1. The number of hydrogen-bond acceptors (Lipinski definition) is 4. The van der Waals surface area contributed by atoms with Gasteiger partial charge in [-0.1, -0.05) is 6.92 Å². The second-order valence-electron chi connectivity index (χ2n) is 4.27. The molecule has 0 aliphatic carbocycles. The van der Waals surface area contributed by atoms with Crippen molar-refractivity contribution in [1.82, 2.24) is 14.3 Å². The van der Waals surface area contributed by atoms with E-state index in [1.165, 1.54) is 4.31 Å². The summed E-state index contributed by atoms with van der Waals surface area (Å²) in [7, 11) is -3.45. The molecule has 17 heavy (non-hydrogen) atoms. The van der Waals surface area contributed by atoms with Crippen molar-refractivity contribution in [3.8, 4) is 0 Å². The lowest BCUT2D eigenvalue weighted by Crippen LogP contribution is -2.47. The lowest BCUT2D eigenvalue weighted by molar-refractivity contribution is 0.245. The summed E-state index contributed by atoms with van der Waals surface area (Å²) in [4.78, 5) is 0. The molecule has 1 saturated heterocycles. The monoisotopic (exact) mass is 265 g/mol. The molecular weight excluding hydrogens is 242 g/mol. The van der Waals surface area contributed by atoms with Crippen LogP contribution in [0.15, 0.2) is 0 Å². The summed E-state index contributed by atoms with van der Waals surface area (Å²) in [5.74, 6) is 0. The van der Waals surface area contributed by atoms with Gasteiger partial charge in [0.2, 0.25) is 0 Å². The lowest BCUT2D eigenvalue weighted by atomic mass is 10.2. The van der Waals surface area contributed by atoms with Gasteiger partial charge in [-0.25, -0.2) is 4.72 Å². The van der Waals surface area contributed by atoms with E-state index in [-0.39, 0.29) is 19.2 Å². The Morgan fingerprint density at radius 1 is 1.53 bits per heavy atom. The molecule has 1 rings (SSSR count). The van der Waals surface area contributed by atoms with Crippen molar-refractivity contribution in [3.05, 3.63) is 0 Å². The molecule has 1 aliphatic heterocycles. The van der Waals surface area contributed by atoms with E-state index >= 15 is 0 Å². The van der Waals surface area contributed by atoms with E-state index in [9.17, 15) is 8.42 Å². The van der Waals surface area contributed by atoms with E-state index in [4.69, 9.17) is 5.11 Å². The molecule has 0 aromatic heterocycles. The van der Waals surface area contributed by atoms with Gasteiger partial charge in [0.05, 0.1) is 6.61 Å². The minimum absolute atomic E-state index is 0.150. The van der Waals surface area contributed by atoms with Gasteiger partial charge in [-0.05, 0) is 25.8 Å². The molecule has 0 radical (unpaired) electrons. The maximum atomic E-state index is 11.9. The van der Waals surface area contributed by atoms with Crippen LogP contribution in [0.4, 0.5) is 0 Å². The van der Waals surface area contributed by atoms with Crippen molar-refractivity contribution in [3.63, 3.8) is 0 Å². The number of nitrogens with one attached hydrogen (secondary N) is 2. The van der Waals surface area contributed by atoms with E-state index in [1.807, 2.05) is 6.92 Å². The first-order valence-electron chi connectivity index (χ1n) is 6.19. The van der Waals surface area contributed by atoms with Crippen LogP contribution in [-0.2, 0) is 10.2 Å². The first kappa shape index (κ1) is 14.8. The van der Waals surface area contributed by atoms with E-state index in [0.29, 0.717) is 13.1 Å². The highest BCUT2D eigenvalue weighted by Crippen LogP contribution is 2.09. The third-order valence-corrected chi connectivity index (χ3v) is 4.39. The third-order valence-electron chi connectivity index (χ3n) is 2.81. The van der Waals surface area contributed by atoms with Gasteiger partial charge in [0.25, 0.3) is 10.2 Å². The Kier molecular flexibility index (Phi) is 6.35. The van der Waals surface area contributed by atoms with Crippen LogP contribution in [0.25, 0.3) is 0 Å². The minimum atomic E-state index is -3.45. The van der Waals surface area contributed by atoms with Gasteiger partial charge in [-0.15, -0.1) is 0 Å². The van der Waals surface area contributed by atoms with Gasteiger partial charge in [0, 0.05) is 25.7 Å². The molecule has 0 bridgehead atoms. The van der Waals surface area contributed by atoms with Crippen LogP contribution in [0.1, 0.15) is 26.2 Å². The molecule has 0 spiro atoms. The Hall–Kier alpha value is -0.210. The average Bonchev–Trinajstić information content (AvgIpc) is 2.79. The molecule has 1 unspecified atom stereocenters. The second kappa shape index (κ2) is 7.27. The summed E-state index contributed by atoms with van der Waals surface area (Å²) >= 11 is 0. The maximum Gasteiger partial charge on any atom is 0.279 e. The van der Waals surface area contributed by atoms with Crippen LogP contribution in [0.2, 0.25) is 0 Å². The Labute approximate surface area is 104 Å². The Morgan fingerprint density at radius 2 is 2.29 bits per heavy atom. The molecule has 0 amide bonds. The zero-order chi connectivity index (χ0) is 12.7. The molecule has 1 heterocycles. The fourth-order valence-electron chi connectivity index (χ4n) is 1.90. The fourth-order valence-corrected chi connectivity index (χ4v) is 3.24. The van der Waals surface area contributed by atoms with Crippen LogP contribution in [-0.4, -0.2) is 56.7 Å². The zero-order valence-corrected chi connectivity index (χ0v) is 11.2. The van der Waals surface area contributed by atoms with E-state index in [0.717, 1.165) is 25.8 Å². The molecule has 0 saturated carbocycles. The second-order valence-corrected chi connectivity index (χ2v) is 6.03. The lowest BCUT2D eigenvalue weighted by Gasteiger charge is -2.24. The Morgan fingerprint density at radius 3 is 2.82 bits per heavy atom. The summed E-state index contributed by atoms with van der Waals surface area (Å²) in [6.07, 6.45) is 2.83. The highest BCUT2D eigenvalue weighted by Gasteiger charge is 2.25. The van der Waals surface area contributed by atoms with Crippen molar-refractivity contribution < 1.29 is 13.5 Å². The van der Waals surface area contributed by atoms with Crippen LogP contribution in [0, 0.1) is 0 Å². The van der Waals surface area contributed by atoms with Crippen molar-refractivity contribution in [2.45, 2.75) is 32.2 Å². The van der Waals surface area contributed by atoms with Crippen molar-refractivity contribution in [1.29, 1.82) is 0 Å².